The molecule has 2 aliphatic rings. The zero-order valence-electron chi connectivity index (χ0n) is 23.0. The number of likely N-dealkylation sites (tertiary alicyclic amines) is 1. The number of ether oxygens (including phenoxy) is 1. The van der Waals surface area contributed by atoms with E-state index in [1.807, 2.05) is 24.1 Å². The number of para-hydroxylation sites is 1. The summed E-state index contributed by atoms with van der Waals surface area (Å²) in [6.07, 6.45) is 1.88. The van der Waals surface area contributed by atoms with Crippen LogP contribution < -0.4 is 15.4 Å². The molecular formula is C32H34N6O2. The molecule has 1 atom stereocenters. The zero-order valence-corrected chi connectivity index (χ0v) is 23.0. The van der Waals surface area contributed by atoms with Gasteiger partial charge in [-0.15, -0.1) is 0 Å². The molecule has 2 aromatic heterocycles. The number of hydrogen-bond acceptors (Lipinski definition) is 5. The van der Waals surface area contributed by atoms with Crippen molar-refractivity contribution in [3.05, 3.63) is 77.9 Å². The Morgan fingerprint density at radius 2 is 1.88 bits per heavy atom. The molecule has 0 radical (unpaired) electrons. The second-order valence-electron chi connectivity index (χ2n) is 11.0. The number of benzene rings is 3. The molecule has 5 aromatic rings. The highest BCUT2D eigenvalue weighted by Gasteiger charge is 2.27. The Kier molecular flexibility index (Phi) is 6.00. The van der Waals surface area contributed by atoms with Crippen LogP contribution in [-0.2, 0) is 20.1 Å². The lowest BCUT2D eigenvalue weighted by atomic mass is 10.0. The van der Waals surface area contributed by atoms with Crippen molar-refractivity contribution in [2.45, 2.75) is 32.0 Å². The van der Waals surface area contributed by atoms with Gasteiger partial charge in [-0.1, -0.05) is 42.5 Å². The Hall–Kier alpha value is -4.30. The van der Waals surface area contributed by atoms with Gasteiger partial charge in [-0.05, 0) is 42.7 Å². The highest BCUT2D eigenvalue weighted by Crippen LogP contribution is 2.39. The molecule has 0 unspecified atom stereocenters. The molecule has 0 bridgehead atoms. The molecule has 3 aromatic carbocycles. The summed E-state index contributed by atoms with van der Waals surface area (Å²) in [7, 11) is 3.67. The summed E-state index contributed by atoms with van der Waals surface area (Å²) in [6.45, 7) is 3.96. The van der Waals surface area contributed by atoms with Gasteiger partial charge in [0.1, 0.15) is 11.3 Å². The summed E-state index contributed by atoms with van der Waals surface area (Å²) in [6, 6.07) is 23.2. The second kappa shape index (κ2) is 9.71. The van der Waals surface area contributed by atoms with Gasteiger partial charge in [0.05, 0.1) is 29.5 Å². The van der Waals surface area contributed by atoms with Crippen molar-refractivity contribution < 1.29 is 9.53 Å². The molecule has 2 N–H and O–H groups in total. The minimum absolute atomic E-state index is 0.0192. The van der Waals surface area contributed by atoms with Crippen molar-refractivity contribution in [3.63, 3.8) is 0 Å². The topological polar surface area (TPSA) is 81.5 Å². The molecule has 2 aliphatic heterocycles. The number of imidazole rings is 1. The highest BCUT2D eigenvalue weighted by molar-refractivity contribution is 6.01. The lowest BCUT2D eigenvalue weighted by molar-refractivity contribution is 0.0708. The van der Waals surface area contributed by atoms with E-state index in [4.69, 9.17) is 15.5 Å². The third kappa shape index (κ3) is 4.02. The number of nitrogens with two attached hydrogens (primary N) is 1. The number of amides is 1. The van der Waals surface area contributed by atoms with Gasteiger partial charge in [-0.25, -0.2) is 4.98 Å². The maximum Gasteiger partial charge on any atom is 0.254 e. The van der Waals surface area contributed by atoms with Crippen molar-refractivity contribution in [1.29, 1.82) is 0 Å². The molecule has 0 aliphatic carbocycles. The highest BCUT2D eigenvalue weighted by atomic mass is 16.5. The fourth-order valence-electron chi connectivity index (χ4n) is 6.48. The number of rotatable bonds is 5. The van der Waals surface area contributed by atoms with Crippen LogP contribution in [0.1, 0.15) is 28.8 Å². The first-order chi connectivity index (χ1) is 19.5. The van der Waals surface area contributed by atoms with E-state index < -0.39 is 0 Å². The molecule has 0 saturated carbocycles. The average Bonchev–Trinajstić information content (AvgIpc) is 3.52. The number of anilines is 1. The predicted octanol–water partition coefficient (Wildman–Crippen LogP) is 4.79. The van der Waals surface area contributed by atoms with E-state index in [1.165, 1.54) is 22.2 Å². The standard InChI is InChI=1S/C32H34N6O2/c1-35-30-25(16-23(18-28(30)40-2)32(39)37-13-7-11-24(33)20-37)34-31(35)27-17-22-10-6-12-26-29(22)38(27)15-14-36(26)19-21-8-4-3-5-9-21/h3-6,8-10,12,16-18,24H,7,11,13-15,19-20,33H2,1-2H3/t24-/m1/s1. The van der Waals surface area contributed by atoms with Crippen molar-refractivity contribution in [1.82, 2.24) is 19.0 Å². The minimum Gasteiger partial charge on any atom is -0.494 e. The first-order valence-corrected chi connectivity index (χ1v) is 14.0. The Morgan fingerprint density at radius 1 is 1.02 bits per heavy atom. The Bertz CT molecular complexity index is 1740. The summed E-state index contributed by atoms with van der Waals surface area (Å²) in [5.74, 6) is 1.48. The third-order valence-electron chi connectivity index (χ3n) is 8.42. The number of carbonyl (C=O) groups excluding carboxylic acids is 1. The van der Waals surface area contributed by atoms with Gasteiger partial charge in [-0.3, -0.25) is 4.79 Å². The van der Waals surface area contributed by atoms with E-state index in [9.17, 15) is 4.79 Å². The van der Waals surface area contributed by atoms with Crippen LogP contribution in [0.25, 0.3) is 33.5 Å². The Labute approximate surface area is 233 Å². The van der Waals surface area contributed by atoms with Crippen LogP contribution in [0, 0.1) is 0 Å². The fourth-order valence-corrected chi connectivity index (χ4v) is 6.48. The molecule has 7 rings (SSSR count). The molecule has 1 fully saturated rings. The number of aryl methyl sites for hydroxylation is 1. The maximum atomic E-state index is 13.4. The second-order valence-corrected chi connectivity index (χ2v) is 11.0. The summed E-state index contributed by atoms with van der Waals surface area (Å²) in [5, 5.41) is 1.20. The minimum atomic E-state index is -0.0192. The van der Waals surface area contributed by atoms with Crippen LogP contribution in [0.3, 0.4) is 0 Å². The number of aromatic nitrogens is 3. The van der Waals surface area contributed by atoms with Gasteiger partial charge in [0.15, 0.2) is 5.82 Å². The first-order valence-electron chi connectivity index (χ1n) is 14.0. The van der Waals surface area contributed by atoms with Crippen molar-refractivity contribution in [3.8, 4) is 17.3 Å². The molecular weight excluding hydrogens is 500 g/mol. The van der Waals surface area contributed by atoms with E-state index in [1.54, 1.807) is 7.11 Å². The zero-order chi connectivity index (χ0) is 27.4. The Balaban J connectivity index is 1.31. The van der Waals surface area contributed by atoms with Crippen LogP contribution in [0.15, 0.2) is 66.7 Å². The molecule has 40 heavy (non-hydrogen) atoms. The number of methoxy groups -OCH3 is 1. The van der Waals surface area contributed by atoms with Gasteiger partial charge in [0, 0.05) is 56.8 Å². The van der Waals surface area contributed by atoms with Crippen LogP contribution >= 0.6 is 0 Å². The van der Waals surface area contributed by atoms with Crippen molar-refractivity contribution in [2.75, 3.05) is 31.6 Å². The quantitative estimate of drug-likeness (QED) is 0.351. The summed E-state index contributed by atoms with van der Waals surface area (Å²) < 4.78 is 10.3. The van der Waals surface area contributed by atoms with E-state index in [-0.39, 0.29) is 11.9 Å². The van der Waals surface area contributed by atoms with E-state index in [2.05, 4.69) is 68.6 Å². The summed E-state index contributed by atoms with van der Waals surface area (Å²) in [4.78, 5) is 22.8. The maximum absolute atomic E-state index is 13.4. The average molecular weight is 535 g/mol. The van der Waals surface area contributed by atoms with Gasteiger partial charge in [0.25, 0.3) is 5.91 Å². The molecule has 8 nitrogen and oxygen atoms in total. The van der Waals surface area contributed by atoms with Gasteiger partial charge < -0.3 is 29.4 Å². The summed E-state index contributed by atoms with van der Waals surface area (Å²) >= 11 is 0. The van der Waals surface area contributed by atoms with Gasteiger partial charge >= 0.3 is 0 Å². The number of carbonyl (C=O) groups is 1. The van der Waals surface area contributed by atoms with E-state index in [0.29, 0.717) is 17.9 Å². The van der Waals surface area contributed by atoms with Crippen molar-refractivity contribution in [2.24, 2.45) is 12.8 Å². The van der Waals surface area contributed by atoms with Crippen LogP contribution in [0.5, 0.6) is 5.75 Å². The smallest absolute Gasteiger partial charge is 0.254 e. The van der Waals surface area contributed by atoms with Gasteiger partial charge in [-0.2, -0.15) is 0 Å². The predicted molar refractivity (Wildman–Crippen MR) is 159 cm³/mol. The molecule has 0 spiro atoms. The summed E-state index contributed by atoms with van der Waals surface area (Å²) in [5.41, 5.74) is 13.2. The lowest BCUT2D eigenvalue weighted by Crippen LogP contribution is -2.45. The van der Waals surface area contributed by atoms with Gasteiger partial charge in [0.2, 0.25) is 0 Å². The number of nitrogens with zero attached hydrogens (tertiary/aromatic N) is 5. The van der Waals surface area contributed by atoms with Crippen LogP contribution in [0.4, 0.5) is 5.69 Å². The fraction of sp³-hybridized carbons (Fsp3) is 0.312. The first kappa shape index (κ1) is 24.7. The molecule has 1 amide bonds. The SMILES string of the molecule is COc1cc(C(=O)N2CCC[C@@H](N)C2)cc2nc(-c3cc4cccc5c4n3CCN5Cc3ccccc3)n(C)c12. The molecule has 1 saturated heterocycles. The largest absolute Gasteiger partial charge is 0.494 e. The number of piperidine rings is 1. The van der Waals surface area contributed by atoms with Crippen molar-refractivity contribution >= 4 is 33.5 Å². The van der Waals surface area contributed by atoms with E-state index >= 15 is 0 Å². The molecule has 204 valence electrons. The third-order valence-corrected chi connectivity index (χ3v) is 8.42. The molecule has 4 heterocycles. The monoisotopic (exact) mass is 534 g/mol. The van der Waals surface area contributed by atoms with Crippen LogP contribution in [-0.4, -0.2) is 57.7 Å². The molecule has 8 heteroatoms. The normalized spacial score (nSPS) is 17.1. The Morgan fingerprint density at radius 3 is 2.67 bits per heavy atom. The lowest BCUT2D eigenvalue weighted by Gasteiger charge is -2.31. The number of fused-ring (bicyclic) bond motifs is 1. The number of hydrogen-bond donors (Lipinski definition) is 1. The van der Waals surface area contributed by atoms with E-state index in [0.717, 1.165) is 61.6 Å². The van der Waals surface area contributed by atoms with Crippen LogP contribution in [0.2, 0.25) is 0 Å².